The van der Waals surface area contributed by atoms with Crippen LogP contribution >= 0.6 is 15.9 Å². The van der Waals surface area contributed by atoms with Crippen LogP contribution in [0.25, 0.3) is 11.0 Å². The molecule has 0 aliphatic carbocycles. The summed E-state index contributed by atoms with van der Waals surface area (Å²) in [6.07, 6.45) is 2.48. The average molecular weight is 241 g/mol. The predicted octanol–water partition coefficient (Wildman–Crippen LogP) is 3.46. The maximum Gasteiger partial charge on any atom is 0.139 e. The first-order chi connectivity index (χ1) is 6.22. The second-order valence-corrected chi connectivity index (χ2v) is 3.78. The van der Waals surface area contributed by atoms with Crippen LogP contribution in [0.4, 0.5) is 0 Å². The molecule has 0 radical (unpaired) electrons. The van der Waals surface area contributed by atoms with Crippen molar-refractivity contribution < 1.29 is 9.52 Å². The number of aromatic hydroxyl groups is 1. The third-order valence-electron chi connectivity index (χ3n) is 2.08. The molecule has 0 saturated heterocycles. The Labute approximate surface area is 84.3 Å². The van der Waals surface area contributed by atoms with E-state index < -0.39 is 0 Å². The topological polar surface area (TPSA) is 33.4 Å². The SMILES string of the molecule is CCc1cc(O)c2c(Br)coc2c1. The Kier molecular flexibility index (Phi) is 2.04. The van der Waals surface area contributed by atoms with Gasteiger partial charge in [0.2, 0.25) is 0 Å². The Hall–Kier alpha value is -0.960. The largest absolute Gasteiger partial charge is 0.507 e. The van der Waals surface area contributed by atoms with Crippen LogP contribution in [-0.4, -0.2) is 5.11 Å². The second-order valence-electron chi connectivity index (χ2n) is 2.93. The van der Waals surface area contributed by atoms with Crippen molar-refractivity contribution >= 4 is 26.9 Å². The first-order valence-electron chi connectivity index (χ1n) is 4.11. The van der Waals surface area contributed by atoms with Crippen LogP contribution in [0.3, 0.4) is 0 Å². The number of aryl methyl sites for hydroxylation is 1. The Morgan fingerprint density at radius 1 is 1.46 bits per heavy atom. The molecule has 0 saturated carbocycles. The van der Waals surface area contributed by atoms with Gasteiger partial charge in [-0.25, -0.2) is 0 Å². The van der Waals surface area contributed by atoms with Gasteiger partial charge < -0.3 is 9.52 Å². The fourth-order valence-corrected chi connectivity index (χ4v) is 1.86. The van der Waals surface area contributed by atoms with Crippen LogP contribution in [-0.2, 0) is 6.42 Å². The van der Waals surface area contributed by atoms with Crippen molar-refractivity contribution in [2.24, 2.45) is 0 Å². The molecular formula is C10H9BrO2. The van der Waals surface area contributed by atoms with Gasteiger partial charge in [-0.3, -0.25) is 0 Å². The van der Waals surface area contributed by atoms with Crippen molar-refractivity contribution in [3.05, 3.63) is 28.4 Å². The molecule has 0 fully saturated rings. The molecule has 1 heterocycles. The summed E-state index contributed by atoms with van der Waals surface area (Å²) in [4.78, 5) is 0. The number of rotatable bonds is 1. The van der Waals surface area contributed by atoms with Crippen LogP contribution < -0.4 is 0 Å². The summed E-state index contributed by atoms with van der Waals surface area (Å²) in [5.74, 6) is 0.273. The first kappa shape index (κ1) is 8.63. The summed E-state index contributed by atoms with van der Waals surface area (Å²) in [6.45, 7) is 2.04. The average Bonchev–Trinajstić information content (AvgIpc) is 2.48. The highest BCUT2D eigenvalue weighted by Crippen LogP contribution is 2.34. The Balaban J connectivity index is 2.79. The molecular weight excluding hydrogens is 232 g/mol. The number of fused-ring (bicyclic) bond motifs is 1. The maximum absolute atomic E-state index is 9.66. The van der Waals surface area contributed by atoms with Gasteiger partial charge in [0, 0.05) is 0 Å². The van der Waals surface area contributed by atoms with Gasteiger partial charge in [0.05, 0.1) is 9.86 Å². The smallest absolute Gasteiger partial charge is 0.139 e. The minimum atomic E-state index is 0.273. The van der Waals surface area contributed by atoms with E-state index in [0.717, 1.165) is 27.4 Å². The maximum atomic E-state index is 9.66. The minimum Gasteiger partial charge on any atom is -0.507 e. The molecule has 1 N–H and O–H groups in total. The normalized spacial score (nSPS) is 10.9. The third kappa shape index (κ3) is 1.33. The van der Waals surface area contributed by atoms with Gasteiger partial charge in [-0.2, -0.15) is 0 Å². The molecule has 2 aromatic rings. The quantitative estimate of drug-likeness (QED) is 0.829. The molecule has 0 aliphatic rings. The lowest BCUT2D eigenvalue weighted by Crippen LogP contribution is -1.79. The van der Waals surface area contributed by atoms with Crippen molar-refractivity contribution in [1.29, 1.82) is 0 Å². The molecule has 0 unspecified atom stereocenters. The number of halogens is 1. The number of phenolic OH excluding ortho intramolecular Hbond substituents is 1. The van der Waals surface area contributed by atoms with Gasteiger partial charge in [-0.1, -0.05) is 6.92 Å². The molecule has 0 aliphatic heterocycles. The molecule has 13 heavy (non-hydrogen) atoms. The van der Waals surface area contributed by atoms with Crippen molar-refractivity contribution in [2.45, 2.75) is 13.3 Å². The molecule has 1 aromatic carbocycles. The summed E-state index contributed by atoms with van der Waals surface area (Å²) >= 11 is 3.31. The second kappa shape index (κ2) is 3.07. The van der Waals surface area contributed by atoms with Gasteiger partial charge in [-0.15, -0.1) is 0 Å². The molecule has 0 atom stereocenters. The van der Waals surface area contributed by atoms with E-state index in [4.69, 9.17) is 4.42 Å². The molecule has 3 heteroatoms. The third-order valence-corrected chi connectivity index (χ3v) is 2.66. The molecule has 2 nitrogen and oxygen atoms in total. The van der Waals surface area contributed by atoms with E-state index in [-0.39, 0.29) is 5.75 Å². The van der Waals surface area contributed by atoms with Crippen LogP contribution in [0.5, 0.6) is 5.75 Å². The van der Waals surface area contributed by atoms with E-state index in [2.05, 4.69) is 15.9 Å². The van der Waals surface area contributed by atoms with Crippen molar-refractivity contribution in [3.8, 4) is 5.75 Å². The van der Waals surface area contributed by atoms with Crippen molar-refractivity contribution in [2.75, 3.05) is 0 Å². The molecule has 2 rings (SSSR count). The molecule has 0 amide bonds. The number of furan rings is 1. The lowest BCUT2D eigenvalue weighted by molar-refractivity contribution is 0.480. The monoisotopic (exact) mass is 240 g/mol. The minimum absolute atomic E-state index is 0.273. The first-order valence-corrected chi connectivity index (χ1v) is 4.90. The van der Waals surface area contributed by atoms with E-state index in [1.807, 2.05) is 13.0 Å². The number of phenols is 1. The molecule has 0 bridgehead atoms. The Morgan fingerprint density at radius 3 is 2.92 bits per heavy atom. The lowest BCUT2D eigenvalue weighted by atomic mass is 10.1. The summed E-state index contributed by atoms with van der Waals surface area (Å²) < 4.78 is 6.06. The molecule has 0 spiro atoms. The zero-order valence-electron chi connectivity index (χ0n) is 7.17. The molecule has 1 aromatic heterocycles. The highest BCUT2D eigenvalue weighted by molar-refractivity contribution is 9.10. The summed E-state index contributed by atoms with van der Waals surface area (Å²) in [7, 11) is 0. The van der Waals surface area contributed by atoms with Crippen LogP contribution in [0.2, 0.25) is 0 Å². The summed E-state index contributed by atoms with van der Waals surface area (Å²) in [5, 5.41) is 10.4. The predicted molar refractivity (Wildman–Crippen MR) is 55.0 cm³/mol. The van der Waals surface area contributed by atoms with E-state index in [0.29, 0.717) is 0 Å². The number of hydrogen-bond donors (Lipinski definition) is 1. The summed E-state index contributed by atoms with van der Waals surface area (Å²) in [5.41, 5.74) is 1.80. The molecule has 68 valence electrons. The lowest BCUT2D eigenvalue weighted by Gasteiger charge is -1.99. The van der Waals surface area contributed by atoms with Gasteiger partial charge in [0.1, 0.15) is 17.6 Å². The highest BCUT2D eigenvalue weighted by Gasteiger charge is 2.09. The van der Waals surface area contributed by atoms with Gasteiger partial charge in [0.25, 0.3) is 0 Å². The van der Waals surface area contributed by atoms with Crippen molar-refractivity contribution in [1.82, 2.24) is 0 Å². The van der Waals surface area contributed by atoms with Gasteiger partial charge in [0.15, 0.2) is 0 Å². The zero-order valence-corrected chi connectivity index (χ0v) is 8.76. The van der Waals surface area contributed by atoms with Gasteiger partial charge >= 0.3 is 0 Å². The van der Waals surface area contributed by atoms with Gasteiger partial charge in [-0.05, 0) is 40.0 Å². The van der Waals surface area contributed by atoms with E-state index in [1.54, 1.807) is 12.3 Å². The number of hydrogen-bond acceptors (Lipinski definition) is 2. The van der Waals surface area contributed by atoms with Crippen LogP contribution in [0, 0.1) is 0 Å². The number of benzene rings is 1. The fourth-order valence-electron chi connectivity index (χ4n) is 1.37. The van der Waals surface area contributed by atoms with Crippen LogP contribution in [0.1, 0.15) is 12.5 Å². The van der Waals surface area contributed by atoms with Crippen molar-refractivity contribution in [3.63, 3.8) is 0 Å². The zero-order chi connectivity index (χ0) is 9.42. The Bertz CT molecular complexity index is 445. The standard InChI is InChI=1S/C10H9BrO2/c1-2-6-3-8(12)10-7(11)5-13-9(10)4-6/h3-5,12H,2H2,1H3. The van der Waals surface area contributed by atoms with E-state index in [9.17, 15) is 5.11 Å². The van der Waals surface area contributed by atoms with Crippen LogP contribution in [0.15, 0.2) is 27.3 Å². The van der Waals surface area contributed by atoms with E-state index >= 15 is 0 Å². The fraction of sp³-hybridized carbons (Fsp3) is 0.200. The Morgan fingerprint density at radius 2 is 2.23 bits per heavy atom. The highest BCUT2D eigenvalue weighted by atomic mass is 79.9. The van der Waals surface area contributed by atoms with E-state index in [1.165, 1.54) is 0 Å². The summed E-state index contributed by atoms with van der Waals surface area (Å²) in [6, 6.07) is 3.71.